The Bertz CT molecular complexity index is 1330. The first-order valence-electron chi connectivity index (χ1n) is 12.7. The smallest absolute Gasteiger partial charge is 0.353 e. The lowest BCUT2D eigenvalue weighted by Gasteiger charge is -2.47. The molecule has 4 heterocycles. The van der Waals surface area contributed by atoms with Crippen molar-refractivity contribution in [2.75, 3.05) is 13.6 Å². The lowest BCUT2D eigenvalue weighted by Crippen LogP contribution is -2.66. The average Bonchev–Trinajstić information content (AvgIpc) is 3.43. The third-order valence-corrected chi connectivity index (χ3v) is 9.19. The van der Waals surface area contributed by atoms with Crippen LogP contribution in [0.3, 0.4) is 0 Å². The van der Waals surface area contributed by atoms with E-state index in [0.29, 0.717) is 23.6 Å². The number of β-lactam (4-membered cyclic amide) rings is 1. The monoisotopic (exact) mass is 583 g/mol. The van der Waals surface area contributed by atoms with E-state index in [-0.39, 0.29) is 29.1 Å². The standard InChI is InChI=1S/C25H31F2N5O7S/c1-10-18-17(11(2)29-22(35)21(26)27)24(37)32(18)19(25(38)39)20(10)40-13-6-14(28-7-13)23(36)31(4)8-12-5-15(33)16(34)9-30(12)3/h5,9-11,13-14,17-18,21,28,34H,6-8H2,1-4H3,(H,29,35)(H,38,39)/t10-,11-,13+,14+,17-,18-/m1/s1. The van der Waals surface area contributed by atoms with E-state index in [2.05, 4.69) is 10.6 Å². The highest BCUT2D eigenvalue weighted by atomic mass is 32.2. The van der Waals surface area contributed by atoms with Crippen molar-refractivity contribution in [3.63, 3.8) is 0 Å². The van der Waals surface area contributed by atoms with Crippen LogP contribution >= 0.6 is 11.8 Å². The molecule has 0 aliphatic carbocycles. The van der Waals surface area contributed by atoms with Gasteiger partial charge in [0.1, 0.15) is 5.70 Å². The number of carbonyl (C=O) groups is 4. The number of carboxylic acids is 1. The summed E-state index contributed by atoms with van der Waals surface area (Å²) in [6, 6.07) is -0.794. The number of alkyl halides is 2. The number of rotatable bonds is 9. The fraction of sp³-hybridized carbons (Fsp3) is 0.560. The van der Waals surface area contributed by atoms with Gasteiger partial charge in [0.15, 0.2) is 5.75 Å². The number of fused-ring (bicyclic) bond motifs is 1. The molecular formula is C25H31F2N5O7S. The number of hydrogen-bond donors (Lipinski definition) is 4. The van der Waals surface area contributed by atoms with E-state index in [1.165, 1.54) is 40.7 Å². The van der Waals surface area contributed by atoms with Crippen LogP contribution in [-0.4, -0.2) is 91.7 Å². The van der Waals surface area contributed by atoms with E-state index < -0.39 is 59.6 Å². The zero-order valence-corrected chi connectivity index (χ0v) is 23.1. The summed E-state index contributed by atoms with van der Waals surface area (Å²) >= 11 is 1.28. The molecule has 15 heteroatoms. The van der Waals surface area contributed by atoms with E-state index in [1.807, 2.05) is 0 Å². The largest absolute Gasteiger partial charge is 0.503 e. The highest BCUT2D eigenvalue weighted by molar-refractivity contribution is 8.03. The Balaban J connectivity index is 1.42. The van der Waals surface area contributed by atoms with Crippen LogP contribution in [0, 0.1) is 11.8 Å². The van der Waals surface area contributed by atoms with Crippen LogP contribution in [0.2, 0.25) is 0 Å². The van der Waals surface area contributed by atoms with E-state index >= 15 is 0 Å². The molecule has 3 amide bonds. The number of amides is 3. The van der Waals surface area contributed by atoms with Crippen LogP contribution in [0.5, 0.6) is 5.75 Å². The zero-order valence-electron chi connectivity index (χ0n) is 22.3. The number of aliphatic carboxylic acids is 1. The highest BCUT2D eigenvalue weighted by Crippen LogP contribution is 2.51. The zero-order chi connectivity index (χ0) is 29.6. The molecule has 0 spiro atoms. The van der Waals surface area contributed by atoms with Crippen LogP contribution in [0.15, 0.2) is 27.7 Å². The van der Waals surface area contributed by atoms with E-state index in [9.17, 15) is 43.0 Å². The van der Waals surface area contributed by atoms with Crippen molar-refractivity contribution in [2.45, 2.75) is 56.6 Å². The predicted octanol–water partition coefficient (Wildman–Crippen LogP) is 0.0557. The number of pyridine rings is 1. The van der Waals surface area contributed by atoms with Crippen LogP contribution in [0.25, 0.3) is 0 Å². The van der Waals surface area contributed by atoms with Gasteiger partial charge in [0.05, 0.1) is 24.5 Å². The topological polar surface area (TPSA) is 161 Å². The molecule has 1 aromatic rings. The minimum atomic E-state index is -3.23. The normalized spacial score (nSPS) is 26.5. The summed E-state index contributed by atoms with van der Waals surface area (Å²) in [7, 11) is 3.24. The molecule has 4 rings (SSSR count). The van der Waals surface area contributed by atoms with Crippen molar-refractivity contribution in [1.29, 1.82) is 0 Å². The molecule has 0 saturated carbocycles. The quantitative estimate of drug-likeness (QED) is 0.295. The molecule has 40 heavy (non-hydrogen) atoms. The van der Waals surface area contributed by atoms with E-state index in [0.717, 1.165) is 0 Å². The number of aromatic hydroxyl groups is 1. The molecule has 3 aliphatic heterocycles. The third kappa shape index (κ3) is 5.31. The van der Waals surface area contributed by atoms with Crippen LogP contribution in [-0.2, 0) is 32.8 Å². The van der Waals surface area contributed by atoms with Gasteiger partial charge in [0.25, 0.3) is 5.91 Å². The minimum absolute atomic E-state index is 0.132. The Morgan fingerprint density at radius 2 is 1.98 bits per heavy atom. The summed E-state index contributed by atoms with van der Waals surface area (Å²) in [6.07, 6.45) is -1.57. The summed E-state index contributed by atoms with van der Waals surface area (Å²) in [5.74, 6) is -5.20. The number of likely N-dealkylation sites (N-methyl/N-ethyl adjacent to an activating group) is 1. The first-order valence-corrected chi connectivity index (χ1v) is 13.5. The maximum atomic E-state index is 13.1. The summed E-state index contributed by atoms with van der Waals surface area (Å²) in [5.41, 5.74) is -0.175. The van der Waals surface area contributed by atoms with Gasteiger partial charge in [0.2, 0.25) is 17.2 Å². The molecule has 0 aromatic carbocycles. The van der Waals surface area contributed by atoms with Gasteiger partial charge >= 0.3 is 12.4 Å². The van der Waals surface area contributed by atoms with Crippen LogP contribution < -0.4 is 16.1 Å². The van der Waals surface area contributed by atoms with Crippen LogP contribution in [0.4, 0.5) is 8.78 Å². The number of aromatic nitrogens is 1. The maximum absolute atomic E-state index is 13.1. The third-order valence-electron chi connectivity index (χ3n) is 7.67. The second-order valence-corrected chi connectivity index (χ2v) is 11.7. The molecule has 1 aromatic heterocycles. The molecule has 218 valence electrons. The number of halogens is 2. The van der Waals surface area contributed by atoms with Gasteiger partial charge < -0.3 is 35.2 Å². The summed E-state index contributed by atoms with van der Waals surface area (Å²) < 4.78 is 27.0. The molecule has 3 aliphatic rings. The lowest BCUT2D eigenvalue weighted by atomic mass is 9.78. The van der Waals surface area contributed by atoms with Gasteiger partial charge in [-0.2, -0.15) is 8.78 Å². The fourth-order valence-electron chi connectivity index (χ4n) is 5.64. The minimum Gasteiger partial charge on any atom is -0.503 e. The van der Waals surface area contributed by atoms with Crippen molar-refractivity contribution < 1.29 is 38.2 Å². The number of nitrogens with one attached hydrogen (secondary N) is 2. The maximum Gasteiger partial charge on any atom is 0.353 e. The molecule has 2 fully saturated rings. The second-order valence-electron chi connectivity index (χ2n) is 10.4. The number of carbonyl (C=O) groups excluding carboxylic acids is 3. The molecule has 0 bridgehead atoms. The molecule has 12 nitrogen and oxygen atoms in total. The lowest BCUT2D eigenvalue weighted by molar-refractivity contribution is -0.159. The molecule has 4 N–H and O–H groups in total. The Kier molecular flexibility index (Phi) is 8.26. The first-order chi connectivity index (χ1) is 18.7. The fourth-order valence-corrected chi connectivity index (χ4v) is 7.11. The molecule has 6 atom stereocenters. The van der Waals surface area contributed by atoms with Gasteiger partial charge in [-0.15, -0.1) is 11.8 Å². The number of aryl methyl sites for hydroxylation is 1. The Morgan fingerprint density at radius 3 is 2.60 bits per heavy atom. The van der Waals surface area contributed by atoms with Gasteiger partial charge in [0, 0.05) is 60.7 Å². The predicted molar refractivity (Wildman–Crippen MR) is 139 cm³/mol. The van der Waals surface area contributed by atoms with Crippen molar-refractivity contribution in [3.05, 3.63) is 38.8 Å². The molecular weight excluding hydrogens is 552 g/mol. The number of thioether (sulfide) groups is 1. The number of hydrogen-bond acceptors (Lipinski definition) is 8. The van der Waals surface area contributed by atoms with Crippen molar-refractivity contribution in [2.24, 2.45) is 18.9 Å². The van der Waals surface area contributed by atoms with Crippen molar-refractivity contribution in [1.82, 2.24) is 25.0 Å². The molecule has 2 saturated heterocycles. The Hall–Kier alpha value is -3.46. The summed E-state index contributed by atoms with van der Waals surface area (Å²) in [6.45, 7) is 3.74. The van der Waals surface area contributed by atoms with Gasteiger partial charge in [-0.05, 0) is 13.3 Å². The Morgan fingerprint density at radius 1 is 1.30 bits per heavy atom. The average molecular weight is 584 g/mol. The highest BCUT2D eigenvalue weighted by Gasteiger charge is 2.60. The van der Waals surface area contributed by atoms with Gasteiger partial charge in [-0.1, -0.05) is 6.92 Å². The number of nitrogens with zero attached hydrogens (tertiary/aromatic N) is 3. The van der Waals surface area contributed by atoms with Crippen LogP contribution in [0.1, 0.15) is 26.0 Å². The van der Waals surface area contributed by atoms with E-state index in [1.54, 1.807) is 25.6 Å². The summed E-state index contributed by atoms with van der Waals surface area (Å²) in [5, 5.41) is 24.6. The van der Waals surface area contributed by atoms with E-state index in [4.69, 9.17) is 0 Å². The van der Waals surface area contributed by atoms with Gasteiger partial charge in [-0.25, -0.2) is 4.79 Å². The second kappa shape index (κ2) is 11.2. The molecule has 0 radical (unpaired) electrons. The number of carboxylic acid groups (broad SMARTS) is 1. The molecule has 0 unspecified atom stereocenters. The van der Waals surface area contributed by atoms with Gasteiger partial charge in [-0.3, -0.25) is 19.2 Å². The van der Waals surface area contributed by atoms with Crippen molar-refractivity contribution >= 4 is 35.5 Å². The SMILES string of the molecule is C[C@@H](NC(=O)C(F)F)[C@H]1C(=O)N2C(C(=O)O)=C(S[C@@H]3CN[C@H](C(=O)N(C)Cc4cc(=O)c(O)cn4C)C3)[C@H](C)[C@H]12. The summed E-state index contributed by atoms with van der Waals surface area (Å²) in [4.78, 5) is 64.5. The van der Waals surface area contributed by atoms with Crippen molar-refractivity contribution in [3.8, 4) is 5.75 Å². The Labute approximate surface area is 232 Å². The first kappa shape index (κ1) is 29.5.